The first-order valence-electron chi connectivity index (χ1n) is 4.50. The fourth-order valence-electron chi connectivity index (χ4n) is 1.28. The van der Waals surface area contributed by atoms with E-state index in [9.17, 15) is 0 Å². The summed E-state index contributed by atoms with van der Waals surface area (Å²) in [5.74, 6) is 0. The molecule has 0 saturated heterocycles. The van der Waals surface area contributed by atoms with Gasteiger partial charge in [0, 0.05) is 11.8 Å². The van der Waals surface area contributed by atoms with Crippen molar-refractivity contribution in [2.45, 2.75) is 6.54 Å². The molecule has 0 radical (unpaired) electrons. The third kappa shape index (κ3) is 2.19. The van der Waals surface area contributed by atoms with Crippen molar-refractivity contribution in [2.24, 2.45) is 5.16 Å². The maximum atomic E-state index is 8.90. The largest absolute Gasteiger partial charge is 0.411 e. The van der Waals surface area contributed by atoms with Gasteiger partial charge in [-0.3, -0.25) is 0 Å². The quantitative estimate of drug-likeness (QED) is 0.461. The van der Waals surface area contributed by atoms with Crippen LogP contribution < -0.4 is 0 Å². The van der Waals surface area contributed by atoms with Crippen molar-refractivity contribution < 1.29 is 5.21 Å². The van der Waals surface area contributed by atoms with Gasteiger partial charge in [0.1, 0.15) is 5.71 Å². The zero-order valence-corrected chi connectivity index (χ0v) is 7.98. The number of nitrogens with zero attached hydrogens (tertiary/aromatic N) is 4. The molecule has 1 aromatic heterocycles. The van der Waals surface area contributed by atoms with E-state index in [0.717, 1.165) is 5.56 Å². The summed E-state index contributed by atoms with van der Waals surface area (Å²) in [6.45, 7) is 0.403. The van der Waals surface area contributed by atoms with Gasteiger partial charge in [-0.25, -0.2) is 4.68 Å². The van der Waals surface area contributed by atoms with E-state index in [-0.39, 0.29) is 0 Å². The number of benzene rings is 1. The highest BCUT2D eigenvalue weighted by Crippen LogP contribution is 2.02. The monoisotopic (exact) mass is 202 g/mol. The normalized spacial score (nSPS) is 11.6. The van der Waals surface area contributed by atoms with Crippen LogP contribution in [0.25, 0.3) is 0 Å². The Morgan fingerprint density at radius 1 is 1.33 bits per heavy atom. The first-order valence-corrected chi connectivity index (χ1v) is 4.50. The van der Waals surface area contributed by atoms with Crippen LogP contribution in [0.3, 0.4) is 0 Å². The molecule has 0 spiro atoms. The molecule has 1 aromatic carbocycles. The first-order chi connectivity index (χ1) is 7.40. The van der Waals surface area contributed by atoms with Crippen LogP contribution in [-0.2, 0) is 6.54 Å². The lowest BCUT2D eigenvalue weighted by Gasteiger charge is -2.03. The van der Waals surface area contributed by atoms with Crippen LogP contribution in [0.5, 0.6) is 0 Å². The summed E-state index contributed by atoms with van der Waals surface area (Å²) in [5, 5.41) is 19.6. The maximum absolute atomic E-state index is 8.90. The highest BCUT2D eigenvalue weighted by atomic mass is 16.4. The van der Waals surface area contributed by atoms with Crippen molar-refractivity contribution in [3.8, 4) is 0 Å². The molecule has 15 heavy (non-hydrogen) atoms. The van der Waals surface area contributed by atoms with Gasteiger partial charge in [0.05, 0.1) is 12.7 Å². The smallest absolute Gasteiger partial charge is 0.108 e. The summed E-state index contributed by atoms with van der Waals surface area (Å²) in [7, 11) is 0. The number of aromatic nitrogens is 3. The van der Waals surface area contributed by atoms with Gasteiger partial charge in [0.25, 0.3) is 0 Å². The second kappa shape index (κ2) is 4.36. The minimum atomic E-state index is 0.403. The van der Waals surface area contributed by atoms with Crippen LogP contribution in [0.2, 0.25) is 0 Å². The molecule has 0 atom stereocenters. The zero-order valence-electron chi connectivity index (χ0n) is 7.98. The number of oxime groups is 1. The fraction of sp³-hybridized carbons (Fsp3) is 0.100. The Morgan fingerprint density at radius 3 is 2.73 bits per heavy atom. The predicted molar refractivity (Wildman–Crippen MR) is 54.8 cm³/mol. The lowest BCUT2D eigenvalue weighted by Crippen LogP contribution is -2.12. The molecular formula is C10H10N4O. The van der Waals surface area contributed by atoms with Gasteiger partial charge in [-0.2, -0.15) is 0 Å². The van der Waals surface area contributed by atoms with Crippen molar-refractivity contribution in [1.29, 1.82) is 0 Å². The molecule has 1 heterocycles. The summed E-state index contributed by atoms with van der Waals surface area (Å²) in [6, 6.07) is 9.45. The maximum Gasteiger partial charge on any atom is 0.108 e. The molecule has 0 aliphatic carbocycles. The lowest BCUT2D eigenvalue weighted by molar-refractivity contribution is 0.317. The van der Waals surface area contributed by atoms with Gasteiger partial charge < -0.3 is 5.21 Å². The van der Waals surface area contributed by atoms with Crippen LogP contribution in [0, 0.1) is 0 Å². The Morgan fingerprint density at radius 2 is 2.13 bits per heavy atom. The van der Waals surface area contributed by atoms with E-state index in [1.54, 1.807) is 17.1 Å². The van der Waals surface area contributed by atoms with E-state index >= 15 is 0 Å². The molecular weight excluding hydrogens is 192 g/mol. The highest BCUT2D eigenvalue weighted by Gasteiger charge is 2.04. The second-order valence-electron chi connectivity index (χ2n) is 3.01. The summed E-state index contributed by atoms with van der Waals surface area (Å²) in [4.78, 5) is 0. The van der Waals surface area contributed by atoms with Crippen LogP contribution in [-0.4, -0.2) is 25.9 Å². The van der Waals surface area contributed by atoms with Crippen LogP contribution in [0.4, 0.5) is 0 Å². The second-order valence-corrected chi connectivity index (χ2v) is 3.01. The van der Waals surface area contributed by atoms with E-state index in [1.807, 2.05) is 30.3 Å². The van der Waals surface area contributed by atoms with Crippen molar-refractivity contribution >= 4 is 5.71 Å². The van der Waals surface area contributed by atoms with Gasteiger partial charge in [-0.1, -0.05) is 40.7 Å². The van der Waals surface area contributed by atoms with E-state index in [4.69, 9.17) is 5.21 Å². The molecule has 0 fully saturated rings. The van der Waals surface area contributed by atoms with Gasteiger partial charge in [0.2, 0.25) is 0 Å². The molecule has 0 bridgehead atoms. The van der Waals surface area contributed by atoms with Crippen LogP contribution in [0.15, 0.2) is 47.9 Å². The summed E-state index contributed by atoms with van der Waals surface area (Å²) in [5.41, 5.74) is 1.43. The van der Waals surface area contributed by atoms with Crippen molar-refractivity contribution in [1.82, 2.24) is 15.0 Å². The third-order valence-electron chi connectivity index (χ3n) is 2.01. The Bertz CT molecular complexity index is 436. The van der Waals surface area contributed by atoms with Gasteiger partial charge >= 0.3 is 0 Å². The minimum absolute atomic E-state index is 0.403. The highest BCUT2D eigenvalue weighted by molar-refractivity contribution is 5.99. The Labute approximate surface area is 86.7 Å². The Balaban J connectivity index is 2.20. The Hall–Kier alpha value is -2.17. The third-order valence-corrected chi connectivity index (χ3v) is 2.01. The van der Waals surface area contributed by atoms with E-state index in [1.165, 1.54) is 0 Å². The van der Waals surface area contributed by atoms with Crippen molar-refractivity contribution in [3.05, 3.63) is 48.3 Å². The first kappa shape index (κ1) is 9.39. The average molecular weight is 202 g/mol. The lowest BCUT2D eigenvalue weighted by atomic mass is 10.1. The van der Waals surface area contributed by atoms with Gasteiger partial charge in [-0.05, 0) is 0 Å². The standard InChI is InChI=1S/C10H10N4O/c15-12-10(8-14-7-6-11-13-14)9-4-2-1-3-5-9/h1-7,15H,8H2/b12-10-. The summed E-state index contributed by atoms with van der Waals surface area (Å²) < 4.78 is 1.60. The minimum Gasteiger partial charge on any atom is -0.411 e. The van der Waals surface area contributed by atoms with Gasteiger partial charge in [0.15, 0.2) is 0 Å². The molecule has 0 amide bonds. The zero-order chi connectivity index (χ0) is 10.5. The SMILES string of the molecule is O/N=C(/Cn1ccnn1)c1ccccc1. The molecule has 1 N–H and O–H groups in total. The van der Waals surface area contributed by atoms with Gasteiger partial charge in [-0.15, -0.1) is 5.10 Å². The number of hydrogen-bond donors (Lipinski definition) is 1. The molecule has 0 aliphatic heterocycles. The van der Waals surface area contributed by atoms with Crippen molar-refractivity contribution in [3.63, 3.8) is 0 Å². The molecule has 5 nitrogen and oxygen atoms in total. The fourth-order valence-corrected chi connectivity index (χ4v) is 1.28. The molecule has 5 heteroatoms. The van der Waals surface area contributed by atoms with Crippen LogP contribution >= 0.6 is 0 Å². The summed E-state index contributed by atoms with van der Waals surface area (Å²) >= 11 is 0. The molecule has 76 valence electrons. The molecule has 2 aromatic rings. The van der Waals surface area contributed by atoms with E-state index in [0.29, 0.717) is 12.3 Å². The van der Waals surface area contributed by atoms with Crippen molar-refractivity contribution in [2.75, 3.05) is 0 Å². The van der Waals surface area contributed by atoms with E-state index < -0.39 is 0 Å². The molecule has 0 unspecified atom stereocenters. The summed E-state index contributed by atoms with van der Waals surface area (Å²) in [6.07, 6.45) is 3.30. The van der Waals surface area contributed by atoms with Crippen LogP contribution in [0.1, 0.15) is 5.56 Å². The number of rotatable bonds is 3. The Kier molecular flexibility index (Phi) is 2.73. The predicted octanol–water partition coefficient (Wildman–Crippen LogP) is 1.16. The molecule has 2 rings (SSSR count). The topological polar surface area (TPSA) is 63.3 Å². The molecule has 0 saturated carbocycles. The molecule has 0 aliphatic rings. The average Bonchev–Trinajstić information content (AvgIpc) is 2.80. The number of hydrogen-bond acceptors (Lipinski definition) is 4. The van der Waals surface area contributed by atoms with E-state index in [2.05, 4.69) is 15.5 Å².